The Hall–Kier alpha value is -0.590. The molecule has 2 atom stereocenters. The van der Waals surface area contributed by atoms with Crippen LogP contribution >= 0.6 is 27.3 Å². The van der Waals surface area contributed by atoms with Crippen LogP contribution in [0.3, 0.4) is 0 Å². The molecule has 2 heterocycles. The predicted molar refractivity (Wildman–Crippen MR) is 99.0 cm³/mol. The van der Waals surface area contributed by atoms with Crippen LogP contribution in [0.2, 0.25) is 0 Å². The van der Waals surface area contributed by atoms with Gasteiger partial charge in [-0.15, -0.1) is 11.3 Å². The van der Waals surface area contributed by atoms with Gasteiger partial charge in [-0.2, -0.15) is 0 Å². The number of rotatable bonds is 4. The maximum Gasteiger partial charge on any atom is 0.410 e. The number of nitrogens with one attached hydrogen (secondary N) is 1. The Labute approximate surface area is 151 Å². The van der Waals surface area contributed by atoms with Crippen molar-refractivity contribution < 1.29 is 9.53 Å². The van der Waals surface area contributed by atoms with Crippen molar-refractivity contribution in [2.45, 2.75) is 52.2 Å². The van der Waals surface area contributed by atoms with E-state index in [9.17, 15) is 4.79 Å². The van der Waals surface area contributed by atoms with Crippen molar-refractivity contribution in [3.63, 3.8) is 0 Å². The molecule has 1 saturated heterocycles. The molecule has 2 unspecified atom stereocenters. The zero-order valence-corrected chi connectivity index (χ0v) is 16.8. The Morgan fingerprint density at radius 2 is 2.30 bits per heavy atom. The summed E-state index contributed by atoms with van der Waals surface area (Å²) < 4.78 is 6.63. The first-order valence-electron chi connectivity index (χ1n) is 8.20. The van der Waals surface area contributed by atoms with Crippen LogP contribution in [0.15, 0.2) is 15.9 Å². The zero-order valence-electron chi connectivity index (χ0n) is 14.4. The first-order valence-corrected chi connectivity index (χ1v) is 9.87. The molecule has 23 heavy (non-hydrogen) atoms. The monoisotopic (exact) mass is 402 g/mol. The highest BCUT2D eigenvalue weighted by atomic mass is 79.9. The Morgan fingerprint density at radius 3 is 2.91 bits per heavy atom. The molecule has 0 aliphatic carbocycles. The minimum Gasteiger partial charge on any atom is -0.444 e. The summed E-state index contributed by atoms with van der Waals surface area (Å²) in [6.45, 7) is 10.4. The third kappa shape index (κ3) is 6.08. The van der Waals surface area contributed by atoms with E-state index in [-0.39, 0.29) is 6.09 Å². The molecule has 1 aromatic heterocycles. The van der Waals surface area contributed by atoms with Crippen LogP contribution in [0.1, 0.15) is 51.5 Å². The lowest BCUT2D eigenvalue weighted by Crippen LogP contribution is -2.45. The fraction of sp³-hybridized carbons (Fsp3) is 0.706. The topological polar surface area (TPSA) is 41.6 Å². The van der Waals surface area contributed by atoms with Crippen LogP contribution in [0.4, 0.5) is 4.79 Å². The van der Waals surface area contributed by atoms with Crippen molar-refractivity contribution in [2.75, 3.05) is 19.6 Å². The maximum atomic E-state index is 12.2. The minimum absolute atomic E-state index is 0.183. The molecule has 6 heteroatoms. The summed E-state index contributed by atoms with van der Waals surface area (Å²) in [6.07, 6.45) is 2.02. The molecule has 1 aliphatic heterocycles. The van der Waals surface area contributed by atoms with E-state index in [0.29, 0.717) is 12.0 Å². The molecule has 4 nitrogen and oxygen atoms in total. The molecule has 0 aromatic carbocycles. The van der Waals surface area contributed by atoms with E-state index in [1.54, 1.807) is 11.3 Å². The van der Waals surface area contributed by atoms with Crippen LogP contribution in [0, 0.1) is 5.92 Å². The molecule has 1 aromatic rings. The molecule has 0 spiro atoms. The summed E-state index contributed by atoms with van der Waals surface area (Å²) in [7, 11) is 0. The number of thiophene rings is 1. The van der Waals surface area contributed by atoms with Gasteiger partial charge < -0.3 is 15.0 Å². The standard InChI is InChI=1S/C17H27BrN2O2S/c1-12(15-8-14(18)11-23-15)19-9-13-6-5-7-20(10-13)16(21)22-17(2,3)4/h8,11-13,19H,5-7,9-10H2,1-4H3. The molecule has 0 radical (unpaired) electrons. The third-order valence-electron chi connectivity index (χ3n) is 3.90. The lowest BCUT2D eigenvalue weighted by Gasteiger charge is -2.34. The van der Waals surface area contributed by atoms with E-state index in [2.05, 4.69) is 39.6 Å². The largest absolute Gasteiger partial charge is 0.444 e. The third-order valence-corrected chi connectivity index (χ3v) is 5.77. The highest BCUT2D eigenvalue weighted by Gasteiger charge is 2.27. The minimum atomic E-state index is -0.427. The Kier molecular flexibility index (Phi) is 6.51. The number of carbonyl (C=O) groups is 1. The van der Waals surface area contributed by atoms with Crippen LogP contribution in [-0.2, 0) is 4.74 Å². The summed E-state index contributed by atoms with van der Waals surface area (Å²) in [6, 6.07) is 2.50. The number of ether oxygens (including phenoxy) is 1. The van der Waals surface area contributed by atoms with Crippen LogP contribution in [-0.4, -0.2) is 36.2 Å². The molecule has 1 aliphatic rings. The number of hydrogen-bond donors (Lipinski definition) is 1. The van der Waals surface area contributed by atoms with Crippen molar-refractivity contribution >= 4 is 33.4 Å². The highest BCUT2D eigenvalue weighted by molar-refractivity contribution is 9.10. The van der Waals surface area contributed by atoms with Crippen LogP contribution in [0.5, 0.6) is 0 Å². The van der Waals surface area contributed by atoms with Gasteiger partial charge in [0.2, 0.25) is 0 Å². The molecule has 130 valence electrons. The van der Waals surface area contributed by atoms with E-state index < -0.39 is 5.60 Å². The second-order valence-electron chi connectivity index (χ2n) is 7.23. The number of carbonyl (C=O) groups excluding carboxylic acids is 1. The summed E-state index contributed by atoms with van der Waals surface area (Å²) in [4.78, 5) is 15.4. The summed E-state index contributed by atoms with van der Waals surface area (Å²) >= 11 is 5.26. The first kappa shape index (κ1) is 18.7. The number of hydrogen-bond acceptors (Lipinski definition) is 4. The van der Waals surface area contributed by atoms with E-state index in [1.807, 2.05) is 25.7 Å². The second kappa shape index (κ2) is 7.99. The van der Waals surface area contributed by atoms with E-state index in [1.165, 1.54) is 4.88 Å². The fourth-order valence-electron chi connectivity index (χ4n) is 2.72. The van der Waals surface area contributed by atoms with Crippen molar-refractivity contribution in [1.82, 2.24) is 10.2 Å². The molecule has 0 saturated carbocycles. The van der Waals surface area contributed by atoms with E-state index >= 15 is 0 Å². The average molecular weight is 403 g/mol. The normalized spacial score (nSPS) is 20.4. The molecule has 2 rings (SSSR count). The van der Waals surface area contributed by atoms with Crippen molar-refractivity contribution in [1.29, 1.82) is 0 Å². The SMILES string of the molecule is CC(NCC1CCCN(C(=O)OC(C)(C)C)C1)c1cc(Br)cs1. The Morgan fingerprint density at radius 1 is 1.57 bits per heavy atom. The number of halogens is 1. The van der Waals surface area contributed by atoms with Gasteiger partial charge in [-0.05, 0) is 68.5 Å². The molecular weight excluding hydrogens is 376 g/mol. The van der Waals surface area contributed by atoms with Crippen LogP contribution < -0.4 is 5.32 Å². The Balaban J connectivity index is 1.81. The number of nitrogens with zero attached hydrogens (tertiary/aromatic N) is 1. The van der Waals surface area contributed by atoms with Gasteiger partial charge in [0.1, 0.15) is 5.60 Å². The predicted octanol–water partition coefficient (Wildman–Crippen LogP) is 4.81. The molecule has 0 bridgehead atoms. The lowest BCUT2D eigenvalue weighted by molar-refractivity contribution is 0.0165. The van der Waals surface area contributed by atoms with Gasteiger partial charge in [-0.1, -0.05) is 0 Å². The quantitative estimate of drug-likeness (QED) is 0.785. The van der Waals surface area contributed by atoms with Crippen LogP contribution in [0.25, 0.3) is 0 Å². The molecule has 1 N–H and O–H groups in total. The summed E-state index contributed by atoms with van der Waals surface area (Å²) in [5.74, 6) is 0.488. The van der Waals surface area contributed by atoms with Crippen molar-refractivity contribution in [3.8, 4) is 0 Å². The lowest BCUT2D eigenvalue weighted by atomic mass is 9.98. The van der Waals surface area contributed by atoms with E-state index in [4.69, 9.17) is 4.74 Å². The second-order valence-corrected chi connectivity index (χ2v) is 9.09. The molecule has 1 amide bonds. The summed E-state index contributed by atoms with van der Waals surface area (Å²) in [5, 5.41) is 5.71. The van der Waals surface area contributed by atoms with Crippen molar-refractivity contribution in [3.05, 3.63) is 20.8 Å². The number of piperidine rings is 1. The van der Waals surface area contributed by atoms with Crippen molar-refractivity contribution in [2.24, 2.45) is 5.92 Å². The van der Waals surface area contributed by atoms with Gasteiger partial charge >= 0.3 is 6.09 Å². The average Bonchev–Trinajstić information content (AvgIpc) is 2.90. The number of likely N-dealkylation sites (tertiary alicyclic amines) is 1. The molecule has 1 fully saturated rings. The Bertz CT molecular complexity index is 527. The molecular formula is C17H27BrN2O2S. The summed E-state index contributed by atoms with van der Waals surface area (Å²) in [5.41, 5.74) is -0.427. The van der Waals surface area contributed by atoms with Gasteiger partial charge in [0.15, 0.2) is 0 Å². The first-order chi connectivity index (χ1) is 10.7. The van der Waals surface area contributed by atoms with Gasteiger partial charge in [0.25, 0.3) is 0 Å². The van der Waals surface area contributed by atoms with Gasteiger partial charge in [-0.3, -0.25) is 0 Å². The maximum absolute atomic E-state index is 12.2. The fourth-order valence-corrected chi connectivity index (χ4v) is 4.20. The number of amides is 1. The van der Waals surface area contributed by atoms with E-state index in [0.717, 1.165) is 36.9 Å². The van der Waals surface area contributed by atoms with Gasteiger partial charge in [0, 0.05) is 40.4 Å². The highest BCUT2D eigenvalue weighted by Crippen LogP contribution is 2.26. The van der Waals surface area contributed by atoms with Gasteiger partial charge in [-0.25, -0.2) is 4.79 Å². The zero-order chi connectivity index (χ0) is 17.0. The van der Waals surface area contributed by atoms with Gasteiger partial charge in [0.05, 0.1) is 0 Å². The smallest absolute Gasteiger partial charge is 0.410 e.